The average molecular weight is 883 g/mol. The molecule has 2 saturated heterocycles. The summed E-state index contributed by atoms with van der Waals surface area (Å²) in [5.41, 5.74) is 1.79. The van der Waals surface area contributed by atoms with Crippen LogP contribution in [-0.4, -0.2) is 94.7 Å². The number of fused-ring (bicyclic) bond motifs is 2. The van der Waals surface area contributed by atoms with Crippen molar-refractivity contribution in [3.8, 4) is 23.4 Å². The highest BCUT2D eigenvalue weighted by atomic mass is 32.2. The van der Waals surface area contributed by atoms with Gasteiger partial charge in [0.1, 0.15) is 35.6 Å². The fourth-order valence-electron chi connectivity index (χ4n) is 9.75. The molecule has 1 spiro atoms. The van der Waals surface area contributed by atoms with Gasteiger partial charge in [-0.1, -0.05) is 6.92 Å². The molecule has 2 aliphatic carbocycles. The zero-order valence-corrected chi connectivity index (χ0v) is 36.1. The Morgan fingerprint density at radius 2 is 1.76 bits per heavy atom. The SMILES string of the molecule is CCN(C)S(=O)(=O)Nc1ccc(F)c(Oc2ccc3ncnc(OC4CC5(CCN(C6CCC(c7cc8c(cc7F)c(N7CCC(=O)NC7=O)nn8C)CC6)CC5)C4)c3c2)c1C#N. The number of nitriles is 1. The first-order chi connectivity index (χ1) is 30.2. The van der Waals surface area contributed by atoms with Crippen molar-refractivity contribution < 1.29 is 36.3 Å². The maximum atomic E-state index is 15.8. The number of halogens is 2. The van der Waals surface area contributed by atoms with E-state index in [1.54, 1.807) is 36.9 Å². The summed E-state index contributed by atoms with van der Waals surface area (Å²) in [6.07, 6.45) is 9.16. The molecule has 2 saturated carbocycles. The Morgan fingerprint density at radius 3 is 2.48 bits per heavy atom. The Bertz CT molecular complexity index is 2770. The van der Waals surface area contributed by atoms with E-state index in [0.717, 1.165) is 80.3 Å². The van der Waals surface area contributed by atoms with Gasteiger partial charge in [0.15, 0.2) is 17.4 Å². The first-order valence-electron chi connectivity index (χ1n) is 21.3. The largest absolute Gasteiger partial charge is 0.474 e. The minimum absolute atomic E-state index is 0.0489. The molecule has 4 heterocycles. The van der Waals surface area contributed by atoms with E-state index in [1.807, 2.05) is 12.1 Å². The lowest BCUT2D eigenvalue weighted by atomic mass is 9.61. The molecule has 0 unspecified atom stereocenters. The van der Waals surface area contributed by atoms with Gasteiger partial charge in [-0.3, -0.25) is 24.4 Å². The summed E-state index contributed by atoms with van der Waals surface area (Å²) in [7, 11) is -0.823. The predicted octanol–water partition coefficient (Wildman–Crippen LogP) is 6.86. The lowest BCUT2D eigenvalue weighted by Crippen LogP contribution is -2.53. The van der Waals surface area contributed by atoms with Gasteiger partial charge >= 0.3 is 16.2 Å². The second kappa shape index (κ2) is 16.6. The van der Waals surface area contributed by atoms with Crippen molar-refractivity contribution in [1.82, 2.24) is 34.3 Å². The van der Waals surface area contributed by atoms with Gasteiger partial charge in [-0.15, -0.1) is 0 Å². The quantitative estimate of drug-likeness (QED) is 0.141. The third-order valence-electron chi connectivity index (χ3n) is 13.5. The second-order valence-corrected chi connectivity index (χ2v) is 19.0. The number of carbonyl (C=O) groups excluding carboxylic acids is 2. The van der Waals surface area contributed by atoms with E-state index in [0.29, 0.717) is 39.6 Å². The third kappa shape index (κ3) is 8.11. The molecule has 9 rings (SSSR count). The number of amides is 3. The summed E-state index contributed by atoms with van der Waals surface area (Å²) < 4.78 is 73.7. The number of piperidine rings is 1. The number of anilines is 2. The number of carbonyl (C=O) groups is 2. The summed E-state index contributed by atoms with van der Waals surface area (Å²) in [5.74, 6) is -0.893. The van der Waals surface area contributed by atoms with Crippen molar-refractivity contribution in [3.63, 3.8) is 0 Å². The van der Waals surface area contributed by atoms with Crippen LogP contribution in [0, 0.1) is 28.4 Å². The number of likely N-dealkylation sites (tertiary alicyclic amines) is 1. The third-order valence-corrected chi connectivity index (χ3v) is 15.0. The van der Waals surface area contributed by atoms with Gasteiger partial charge in [-0.2, -0.15) is 23.1 Å². The van der Waals surface area contributed by atoms with Crippen LogP contribution >= 0.6 is 0 Å². The standard InChI is InChI=1S/C44H48F2N10O6S/c1-4-53(2)63(59,60)52-37-12-10-34(45)40(33(37)24-47)61-28-9-11-36-31(19-28)42(49-25-48-36)62-29-22-44(23-29)14-17-55(18-15-44)27-7-5-26(6-8-27)30-21-38-32(20-35(30)46)41(51-54(38)3)56-16-13-39(57)50-43(56)58/h9-12,19-21,25-27,29,52H,4-8,13-18,22-23H2,1-3H3,(H,50,57,58). The molecule has 3 aromatic carbocycles. The Balaban J connectivity index is 0.800. The Kier molecular flexibility index (Phi) is 11.2. The van der Waals surface area contributed by atoms with Crippen molar-refractivity contribution in [1.29, 1.82) is 5.26 Å². The number of nitrogens with zero attached hydrogens (tertiary/aromatic N) is 8. The Morgan fingerprint density at radius 1 is 1.00 bits per heavy atom. The molecule has 2 N–H and O–H groups in total. The number of nitrogens with one attached hydrogen (secondary N) is 2. The van der Waals surface area contributed by atoms with Crippen LogP contribution in [-0.2, 0) is 22.1 Å². The van der Waals surface area contributed by atoms with Crippen LogP contribution in [0.3, 0.4) is 0 Å². The number of aryl methyl sites for hydroxylation is 1. The van der Waals surface area contributed by atoms with Gasteiger partial charge in [0.25, 0.3) is 0 Å². The molecular weight excluding hydrogens is 835 g/mol. The van der Waals surface area contributed by atoms with Crippen LogP contribution in [0.1, 0.15) is 81.8 Å². The van der Waals surface area contributed by atoms with Crippen LogP contribution in [0.15, 0.2) is 48.8 Å². The number of rotatable bonds is 11. The highest BCUT2D eigenvalue weighted by Gasteiger charge is 2.48. The fraction of sp³-hybridized carbons (Fsp3) is 0.455. The van der Waals surface area contributed by atoms with Gasteiger partial charge in [0, 0.05) is 45.0 Å². The fourth-order valence-corrected chi connectivity index (χ4v) is 10.7. The molecule has 330 valence electrons. The van der Waals surface area contributed by atoms with Gasteiger partial charge in [-0.25, -0.2) is 23.5 Å². The molecule has 2 aliphatic heterocycles. The van der Waals surface area contributed by atoms with Crippen LogP contribution in [0.5, 0.6) is 17.4 Å². The zero-order valence-electron chi connectivity index (χ0n) is 35.2. The summed E-state index contributed by atoms with van der Waals surface area (Å²) in [4.78, 5) is 37.0. The number of hydrogen-bond donors (Lipinski definition) is 2. The van der Waals surface area contributed by atoms with Gasteiger partial charge in [0.05, 0.1) is 22.1 Å². The van der Waals surface area contributed by atoms with E-state index in [9.17, 15) is 23.3 Å². The predicted molar refractivity (Wildman–Crippen MR) is 230 cm³/mol. The maximum Gasteiger partial charge on any atom is 0.329 e. The number of urea groups is 1. The molecule has 63 heavy (non-hydrogen) atoms. The molecule has 5 aromatic rings. The average Bonchev–Trinajstić information content (AvgIpc) is 3.57. The smallest absolute Gasteiger partial charge is 0.329 e. The molecule has 3 amide bonds. The normalized spacial score (nSPS) is 20.8. The topological polar surface area (TPSA) is 188 Å². The summed E-state index contributed by atoms with van der Waals surface area (Å²) >= 11 is 0. The summed E-state index contributed by atoms with van der Waals surface area (Å²) in [6.45, 7) is 4.03. The van der Waals surface area contributed by atoms with Gasteiger partial charge in [0.2, 0.25) is 11.8 Å². The molecule has 4 aliphatic rings. The second-order valence-electron chi connectivity index (χ2n) is 17.2. The Labute approximate surface area is 363 Å². The number of imide groups is 1. The summed E-state index contributed by atoms with van der Waals surface area (Å²) in [5, 5.41) is 17.9. The van der Waals surface area contributed by atoms with E-state index in [2.05, 4.69) is 30.0 Å². The van der Waals surface area contributed by atoms with Gasteiger partial charge < -0.3 is 14.4 Å². The van der Waals surface area contributed by atoms with Crippen molar-refractivity contribution in [2.75, 3.05) is 42.8 Å². The number of benzene rings is 3. The molecular formula is C44H48F2N10O6S. The minimum Gasteiger partial charge on any atom is -0.474 e. The van der Waals surface area contributed by atoms with Crippen molar-refractivity contribution in [3.05, 3.63) is 71.6 Å². The Hall–Kier alpha value is -5.97. The van der Waals surface area contributed by atoms with Crippen LogP contribution in [0.4, 0.5) is 25.1 Å². The minimum atomic E-state index is -3.99. The van der Waals surface area contributed by atoms with Crippen LogP contribution < -0.4 is 24.4 Å². The van der Waals surface area contributed by atoms with E-state index in [1.165, 1.54) is 30.4 Å². The van der Waals surface area contributed by atoms with E-state index in [-0.39, 0.29) is 65.7 Å². The molecule has 0 radical (unpaired) electrons. The van der Waals surface area contributed by atoms with E-state index >= 15 is 8.78 Å². The van der Waals surface area contributed by atoms with Gasteiger partial charge in [-0.05, 0) is 124 Å². The van der Waals surface area contributed by atoms with Crippen molar-refractivity contribution in [2.24, 2.45) is 12.5 Å². The highest BCUT2D eigenvalue weighted by molar-refractivity contribution is 7.90. The number of ether oxygens (including phenoxy) is 2. The molecule has 19 heteroatoms. The molecule has 2 aromatic heterocycles. The first-order valence-corrected chi connectivity index (χ1v) is 22.8. The summed E-state index contributed by atoms with van der Waals surface area (Å²) in [6, 6.07) is 12.3. The van der Waals surface area contributed by atoms with Crippen molar-refractivity contribution in [2.45, 2.75) is 82.8 Å². The van der Waals surface area contributed by atoms with E-state index < -0.39 is 27.8 Å². The van der Waals surface area contributed by atoms with E-state index in [4.69, 9.17) is 9.47 Å². The number of aromatic nitrogens is 4. The monoisotopic (exact) mass is 882 g/mol. The molecule has 0 bridgehead atoms. The highest BCUT2D eigenvalue weighted by Crippen LogP contribution is 2.51. The van der Waals surface area contributed by atoms with Crippen LogP contribution in [0.25, 0.3) is 21.8 Å². The molecule has 16 nitrogen and oxygen atoms in total. The van der Waals surface area contributed by atoms with Crippen LogP contribution in [0.2, 0.25) is 0 Å². The molecule has 0 atom stereocenters. The lowest BCUT2D eigenvalue weighted by Gasteiger charge is -2.53. The van der Waals surface area contributed by atoms with Crippen molar-refractivity contribution >= 4 is 55.5 Å². The lowest BCUT2D eigenvalue weighted by molar-refractivity contribution is -0.120. The molecule has 4 fully saturated rings. The maximum absolute atomic E-state index is 15.8. The zero-order chi connectivity index (χ0) is 44.2. The first kappa shape index (κ1) is 42.3. The number of hydrogen-bond acceptors (Lipinski definition) is 11.